The Bertz CT molecular complexity index is 547. The molecule has 6 nitrogen and oxygen atoms in total. The Hall–Kier alpha value is -1.33. The molecule has 0 spiro atoms. The minimum Gasteiger partial charge on any atom is -0.274 e. The third-order valence-corrected chi connectivity index (χ3v) is 8.01. The standard InChI is InChI=1S/C13H17N2O4PS/c1-2-3-4-9-20(21,14-10(16)5-6-11(14)17)15-12(18)7-8-13(15)19/h5-6H,2-4,7-9H2,1H3. The van der Waals surface area contributed by atoms with Crippen LogP contribution in [0.2, 0.25) is 0 Å². The molecule has 1 saturated heterocycles. The van der Waals surface area contributed by atoms with Crippen LogP contribution in [0.1, 0.15) is 39.0 Å². The van der Waals surface area contributed by atoms with Crippen molar-refractivity contribution < 1.29 is 19.2 Å². The molecule has 0 radical (unpaired) electrons. The highest BCUT2D eigenvalue weighted by molar-refractivity contribution is 8.13. The van der Waals surface area contributed by atoms with Crippen molar-refractivity contribution in [2.45, 2.75) is 39.0 Å². The minimum absolute atomic E-state index is 0.106. The lowest BCUT2D eigenvalue weighted by Gasteiger charge is -2.36. The van der Waals surface area contributed by atoms with Gasteiger partial charge in [-0.1, -0.05) is 19.8 Å². The quantitative estimate of drug-likeness (QED) is 0.420. The summed E-state index contributed by atoms with van der Waals surface area (Å²) in [5.74, 6) is -1.78. The first-order valence-electron chi connectivity index (χ1n) is 6.93. The summed E-state index contributed by atoms with van der Waals surface area (Å²) < 4.78 is 2.01. The van der Waals surface area contributed by atoms with Crippen molar-refractivity contribution in [3.05, 3.63) is 12.2 Å². The van der Waals surface area contributed by atoms with Gasteiger partial charge in [-0.05, 0) is 18.2 Å². The van der Waals surface area contributed by atoms with Crippen LogP contribution >= 0.6 is 6.34 Å². The summed E-state index contributed by atoms with van der Waals surface area (Å²) in [6.07, 6.45) is 2.31. The van der Waals surface area contributed by atoms with Gasteiger partial charge >= 0.3 is 0 Å². The molecule has 4 amide bonds. The SMILES string of the molecule is CCCCCP(=S)(N1C(=O)C=CC1=O)N1C(=O)CCC1=O. The maximum Gasteiger partial charge on any atom is 0.258 e. The number of amides is 4. The molecule has 0 bridgehead atoms. The van der Waals surface area contributed by atoms with Crippen LogP contribution in [0.25, 0.3) is 0 Å². The molecule has 0 aromatic heterocycles. The molecule has 1 unspecified atom stereocenters. The molecule has 0 N–H and O–H groups in total. The first kappa shape index (κ1) is 16.0. The predicted octanol–water partition coefficient (Wildman–Crippen LogP) is 1.56. The summed E-state index contributed by atoms with van der Waals surface area (Å²) in [6.45, 7) is 2.02. The van der Waals surface area contributed by atoms with Crippen molar-refractivity contribution >= 4 is 41.8 Å². The average molecular weight is 328 g/mol. The summed E-state index contributed by atoms with van der Waals surface area (Å²) in [5.41, 5.74) is 0. The van der Waals surface area contributed by atoms with Crippen LogP contribution in [-0.4, -0.2) is 39.1 Å². The lowest BCUT2D eigenvalue weighted by Crippen LogP contribution is -2.39. The molecule has 2 heterocycles. The van der Waals surface area contributed by atoms with E-state index in [9.17, 15) is 19.2 Å². The molecule has 2 aliphatic heterocycles. The highest BCUT2D eigenvalue weighted by atomic mass is 32.4. The summed E-state index contributed by atoms with van der Waals surface area (Å²) in [7, 11) is 0. The summed E-state index contributed by atoms with van der Waals surface area (Å²) >= 11 is 5.58. The number of carbonyl (C=O) groups is 4. The molecule has 1 atom stereocenters. The van der Waals surface area contributed by atoms with E-state index in [2.05, 4.69) is 0 Å². The minimum atomic E-state index is -3.03. The zero-order valence-electron chi connectivity index (χ0n) is 11.8. The molecule has 0 aromatic carbocycles. The van der Waals surface area contributed by atoms with Gasteiger partial charge in [-0.3, -0.25) is 19.2 Å². The molecule has 21 heavy (non-hydrogen) atoms. The second-order valence-corrected chi connectivity index (χ2v) is 9.35. The first-order chi connectivity index (χ1) is 9.91. The van der Waals surface area contributed by atoms with E-state index >= 15 is 0 Å². The number of hydrogen-bond donors (Lipinski definition) is 0. The van der Waals surface area contributed by atoms with Crippen molar-refractivity contribution in [3.8, 4) is 0 Å². The van der Waals surface area contributed by atoms with Crippen molar-refractivity contribution in [3.63, 3.8) is 0 Å². The number of imide groups is 2. The van der Waals surface area contributed by atoms with Gasteiger partial charge in [0.25, 0.3) is 11.8 Å². The van der Waals surface area contributed by atoms with Crippen LogP contribution in [0.4, 0.5) is 0 Å². The Morgan fingerprint density at radius 1 is 1.00 bits per heavy atom. The Morgan fingerprint density at radius 3 is 2.00 bits per heavy atom. The molecular weight excluding hydrogens is 311 g/mol. The van der Waals surface area contributed by atoms with E-state index in [1.54, 1.807) is 0 Å². The molecule has 1 fully saturated rings. The number of carbonyl (C=O) groups excluding carboxylic acids is 4. The monoisotopic (exact) mass is 328 g/mol. The molecule has 0 aliphatic carbocycles. The highest BCUT2D eigenvalue weighted by Gasteiger charge is 2.47. The molecule has 2 rings (SSSR count). The van der Waals surface area contributed by atoms with Crippen LogP contribution in [0.5, 0.6) is 0 Å². The van der Waals surface area contributed by atoms with Crippen molar-refractivity contribution in [1.29, 1.82) is 0 Å². The van der Waals surface area contributed by atoms with Gasteiger partial charge in [-0.15, -0.1) is 0 Å². The molecular formula is C13H17N2O4PS. The molecule has 2 aliphatic rings. The normalized spacial score (nSPS) is 21.6. The third-order valence-electron chi connectivity index (χ3n) is 3.49. The van der Waals surface area contributed by atoms with Crippen molar-refractivity contribution in [1.82, 2.24) is 9.34 Å². The fraction of sp³-hybridized carbons (Fsp3) is 0.538. The third kappa shape index (κ3) is 2.85. The van der Waals surface area contributed by atoms with Crippen LogP contribution in [-0.2, 0) is 31.0 Å². The van der Waals surface area contributed by atoms with Gasteiger partial charge in [0, 0.05) is 31.2 Å². The second kappa shape index (κ2) is 6.20. The van der Waals surface area contributed by atoms with E-state index in [0.717, 1.165) is 34.3 Å². The number of hydrogen-bond acceptors (Lipinski definition) is 5. The summed E-state index contributed by atoms with van der Waals surface area (Å²) in [6, 6.07) is 0. The topological polar surface area (TPSA) is 74.8 Å². The fourth-order valence-corrected chi connectivity index (χ4v) is 6.75. The van der Waals surface area contributed by atoms with E-state index in [4.69, 9.17) is 11.8 Å². The maximum absolute atomic E-state index is 12.0. The number of unbranched alkanes of at least 4 members (excludes halogenated alkanes) is 2. The predicted molar refractivity (Wildman–Crippen MR) is 80.8 cm³/mol. The van der Waals surface area contributed by atoms with Crippen LogP contribution in [0.15, 0.2) is 12.2 Å². The molecule has 0 aromatic rings. The summed E-state index contributed by atoms with van der Waals surface area (Å²) in [5, 5.41) is 0. The first-order valence-corrected chi connectivity index (χ1v) is 9.83. The van der Waals surface area contributed by atoms with Gasteiger partial charge in [0.15, 0.2) is 0 Å². The smallest absolute Gasteiger partial charge is 0.258 e. The maximum atomic E-state index is 12.0. The highest BCUT2D eigenvalue weighted by Crippen LogP contribution is 2.57. The Morgan fingerprint density at radius 2 is 1.52 bits per heavy atom. The van der Waals surface area contributed by atoms with Crippen LogP contribution in [0.3, 0.4) is 0 Å². The lowest BCUT2D eigenvalue weighted by atomic mass is 10.3. The zero-order valence-corrected chi connectivity index (χ0v) is 13.5. The number of rotatable bonds is 6. The van der Waals surface area contributed by atoms with Gasteiger partial charge < -0.3 is 0 Å². The van der Waals surface area contributed by atoms with Gasteiger partial charge in [0.1, 0.15) is 6.34 Å². The van der Waals surface area contributed by atoms with E-state index in [1.165, 1.54) is 0 Å². The van der Waals surface area contributed by atoms with Gasteiger partial charge in [-0.25, -0.2) is 9.34 Å². The largest absolute Gasteiger partial charge is 0.274 e. The van der Waals surface area contributed by atoms with Gasteiger partial charge in [0.05, 0.1) is 0 Å². The lowest BCUT2D eigenvalue weighted by molar-refractivity contribution is -0.133. The number of nitrogens with zero attached hydrogens (tertiary/aromatic N) is 2. The van der Waals surface area contributed by atoms with Crippen LogP contribution < -0.4 is 0 Å². The van der Waals surface area contributed by atoms with Gasteiger partial charge in [-0.2, -0.15) is 0 Å². The molecule has 0 saturated carbocycles. The molecule has 114 valence electrons. The summed E-state index contributed by atoms with van der Waals surface area (Å²) in [4.78, 5) is 48.0. The second-order valence-electron chi connectivity index (χ2n) is 5.02. The van der Waals surface area contributed by atoms with Crippen molar-refractivity contribution in [2.24, 2.45) is 0 Å². The zero-order chi connectivity index (χ0) is 15.6. The van der Waals surface area contributed by atoms with E-state index < -0.39 is 18.2 Å². The Labute approximate surface area is 128 Å². The average Bonchev–Trinajstić information content (AvgIpc) is 2.93. The Balaban J connectivity index is 2.37. The van der Waals surface area contributed by atoms with E-state index in [1.807, 2.05) is 6.92 Å². The van der Waals surface area contributed by atoms with Crippen LogP contribution in [0, 0.1) is 0 Å². The van der Waals surface area contributed by atoms with E-state index in [-0.39, 0.29) is 24.7 Å². The van der Waals surface area contributed by atoms with Crippen molar-refractivity contribution in [2.75, 3.05) is 6.16 Å². The van der Waals surface area contributed by atoms with E-state index in [0.29, 0.717) is 12.6 Å². The fourth-order valence-electron chi connectivity index (χ4n) is 2.47. The Kier molecular flexibility index (Phi) is 4.74. The molecule has 8 heteroatoms. The van der Waals surface area contributed by atoms with Gasteiger partial charge in [0.2, 0.25) is 11.8 Å².